The molecule has 3 aliphatic heterocycles. The summed E-state index contributed by atoms with van der Waals surface area (Å²) >= 11 is 7.97. The molecule has 2 bridgehead atoms. The van der Waals surface area contributed by atoms with Crippen LogP contribution in [0.4, 0.5) is 11.4 Å². The predicted octanol–water partition coefficient (Wildman–Crippen LogP) is 5.13. The highest BCUT2D eigenvalue weighted by Gasteiger charge is 2.77. The Labute approximate surface area is 242 Å². The predicted molar refractivity (Wildman–Crippen MR) is 157 cm³/mol. The molecule has 3 saturated heterocycles. The lowest BCUT2D eigenvalue weighted by Crippen LogP contribution is -2.52. The Morgan fingerprint density at radius 2 is 1.62 bits per heavy atom. The fourth-order valence-electron chi connectivity index (χ4n) is 6.93. The first kappa shape index (κ1) is 26.9. The third-order valence-corrected chi connectivity index (χ3v) is 10.9. The Balaban J connectivity index is 1.43. The number of anilines is 2. The first-order chi connectivity index (χ1) is 19.3. The maximum atomic E-state index is 14.5. The normalized spacial score (nSPS) is 29.2. The van der Waals surface area contributed by atoms with Gasteiger partial charge in [0.2, 0.25) is 17.7 Å². The summed E-state index contributed by atoms with van der Waals surface area (Å²) in [5.41, 5.74) is 1.83. The second kappa shape index (κ2) is 10.3. The van der Waals surface area contributed by atoms with Gasteiger partial charge in [0.1, 0.15) is 6.04 Å². The Bertz CT molecular complexity index is 1460. The van der Waals surface area contributed by atoms with E-state index in [0.29, 0.717) is 29.2 Å². The summed E-state index contributed by atoms with van der Waals surface area (Å²) in [5.74, 6) is -2.26. The van der Waals surface area contributed by atoms with Crippen LogP contribution < -0.4 is 10.6 Å². The molecule has 40 heavy (non-hydrogen) atoms. The van der Waals surface area contributed by atoms with E-state index in [1.807, 2.05) is 67.6 Å². The van der Waals surface area contributed by atoms with Crippen molar-refractivity contribution in [2.75, 3.05) is 17.2 Å². The van der Waals surface area contributed by atoms with Crippen molar-refractivity contribution in [2.45, 2.75) is 41.3 Å². The highest BCUT2D eigenvalue weighted by molar-refractivity contribution is 8.02. The maximum Gasteiger partial charge on any atom is 0.248 e. The van der Waals surface area contributed by atoms with Crippen LogP contribution in [-0.4, -0.2) is 49.9 Å². The highest BCUT2D eigenvalue weighted by atomic mass is 35.5. The monoisotopic (exact) mass is 575 g/mol. The third kappa shape index (κ3) is 4.21. The molecule has 0 radical (unpaired) electrons. The van der Waals surface area contributed by atoms with E-state index in [2.05, 4.69) is 10.6 Å². The number of hydrogen-bond donors (Lipinski definition) is 3. The number of nitrogens with one attached hydrogen (secondary N) is 2. The van der Waals surface area contributed by atoms with Crippen LogP contribution in [0.2, 0.25) is 5.02 Å². The van der Waals surface area contributed by atoms with Gasteiger partial charge in [0.25, 0.3) is 0 Å². The van der Waals surface area contributed by atoms with Gasteiger partial charge in [-0.1, -0.05) is 72.3 Å². The second-order valence-electron chi connectivity index (χ2n) is 10.9. The van der Waals surface area contributed by atoms with Crippen molar-refractivity contribution in [2.24, 2.45) is 11.8 Å². The lowest BCUT2D eigenvalue weighted by Gasteiger charge is -2.37. The number of carbonyl (C=O) groups is 3. The van der Waals surface area contributed by atoms with E-state index in [4.69, 9.17) is 11.6 Å². The van der Waals surface area contributed by atoms with Crippen molar-refractivity contribution >= 4 is 52.5 Å². The molecule has 3 fully saturated rings. The van der Waals surface area contributed by atoms with Gasteiger partial charge in [-0.25, -0.2) is 0 Å². The van der Waals surface area contributed by atoms with Crippen LogP contribution in [0, 0.1) is 11.8 Å². The molecule has 0 aliphatic carbocycles. The van der Waals surface area contributed by atoms with Crippen molar-refractivity contribution in [3.05, 3.63) is 95.5 Å². The van der Waals surface area contributed by atoms with Gasteiger partial charge in [-0.05, 0) is 49.6 Å². The number of hydrogen-bond acceptors (Lipinski definition) is 5. The number of nitrogens with zero attached hydrogens (tertiary/aromatic N) is 1. The number of para-hydroxylation sites is 2. The van der Waals surface area contributed by atoms with Gasteiger partial charge in [-0.15, -0.1) is 11.8 Å². The molecule has 3 aromatic rings. The number of benzene rings is 3. The highest BCUT2D eigenvalue weighted by Crippen LogP contribution is 2.72. The number of amides is 3. The minimum Gasteiger partial charge on any atom is -0.394 e. The number of rotatable bonds is 7. The molecule has 9 heteroatoms. The van der Waals surface area contributed by atoms with Gasteiger partial charge in [0.15, 0.2) is 0 Å². The van der Waals surface area contributed by atoms with Gasteiger partial charge < -0.3 is 20.6 Å². The Morgan fingerprint density at radius 3 is 2.30 bits per heavy atom. The molecule has 3 aromatic carbocycles. The van der Waals surface area contributed by atoms with Crippen molar-refractivity contribution < 1.29 is 19.5 Å². The number of fused-ring (bicyclic) bond motifs is 1. The summed E-state index contributed by atoms with van der Waals surface area (Å²) in [6, 6.07) is 23.7. The summed E-state index contributed by atoms with van der Waals surface area (Å²) in [4.78, 5) is 44.1. The summed E-state index contributed by atoms with van der Waals surface area (Å²) in [7, 11) is 0. The lowest BCUT2D eigenvalue weighted by molar-refractivity contribution is -0.141. The van der Waals surface area contributed by atoms with E-state index in [-0.39, 0.29) is 24.3 Å². The average molecular weight is 576 g/mol. The number of aliphatic hydroxyl groups excluding tert-OH is 1. The fourth-order valence-corrected chi connectivity index (χ4v) is 9.46. The molecular weight excluding hydrogens is 546 g/mol. The maximum absolute atomic E-state index is 14.5. The minimum atomic E-state index is -0.917. The van der Waals surface area contributed by atoms with Crippen LogP contribution in [-0.2, 0) is 14.4 Å². The second-order valence-corrected chi connectivity index (χ2v) is 13.2. The van der Waals surface area contributed by atoms with E-state index < -0.39 is 33.4 Å². The van der Waals surface area contributed by atoms with Crippen molar-refractivity contribution in [1.82, 2.24) is 4.90 Å². The average Bonchev–Trinajstić information content (AvgIpc) is 3.52. The first-order valence-electron chi connectivity index (χ1n) is 13.4. The van der Waals surface area contributed by atoms with Gasteiger partial charge >= 0.3 is 0 Å². The van der Waals surface area contributed by atoms with Gasteiger partial charge in [-0.2, -0.15) is 0 Å². The molecular formula is C31H30ClN3O4S. The standard InChI is InChI=1S/C31H30ClN3O4S/c1-30-16-17-31(40-30)25(24(30)27(37)33-20-12-6-3-7-13-20)29(39)35(23(18-36)19-10-4-2-5-11-19)26(31)28(38)34-22-15-9-8-14-21(22)32/h2-15,23-26,36H,16-18H2,1H3,(H,33,37)(H,34,38)/t23-,24+,25+,26?,30-,31?/m1/s1. The number of aliphatic hydroxyl groups is 1. The molecule has 6 rings (SSSR count). The summed E-state index contributed by atoms with van der Waals surface area (Å²) in [6.07, 6.45) is 1.29. The quantitative estimate of drug-likeness (QED) is 0.363. The van der Waals surface area contributed by atoms with Crippen LogP contribution >= 0.6 is 23.4 Å². The molecule has 6 atom stereocenters. The minimum absolute atomic E-state index is 0.228. The van der Waals surface area contributed by atoms with E-state index in [1.54, 1.807) is 36.0 Å². The smallest absolute Gasteiger partial charge is 0.248 e. The van der Waals surface area contributed by atoms with Crippen LogP contribution in [0.5, 0.6) is 0 Å². The van der Waals surface area contributed by atoms with Crippen molar-refractivity contribution in [1.29, 1.82) is 0 Å². The van der Waals surface area contributed by atoms with Crippen LogP contribution in [0.3, 0.4) is 0 Å². The summed E-state index contributed by atoms with van der Waals surface area (Å²) in [5, 5.41) is 17.0. The zero-order valence-electron chi connectivity index (χ0n) is 21.9. The molecule has 0 aromatic heterocycles. The lowest BCUT2D eigenvalue weighted by atomic mass is 9.66. The third-order valence-electron chi connectivity index (χ3n) is 8.61. The molecule has 2 unspecified atom stereocenters. The topological polar surface area (TPSA) is 98.7 Å². The van der Waals surface area contributed by atoms with E-state index >= 15 is 0 Å². The van der Waals surface area contributed by atoms with Crippen LogP contribution in [0.1, 0.15) is 31.4 Å². The van der Waals surface area contributed by atoms with Crippen LogP contribution in [0.15, 0.2) is 84.9 Å². The number of thioether (sulfide) groups is 1. The molecule has 3 heterocycles. The van der Waals surface area contributed by atoms with Gasteiger partial charge in [0, 0.05) is 10.4 Å². The number of carbonyl (C=O) groups excluding carboxylic acids is 3. The van der Waals surface area contributed by atoms with Crippen molar-refractivity contribution in [3.63, 3.8) is 0 Å². The van der Waals surface area contributed by atoms with E-state index in [1.165, 1.54) is 4.90 Å². The van der Waals surface area contributed by atoms with Gasteiger partial charge in [0.05, 0.1) is 39.9 Å². The van der Waals surface area contributed by atoms with E-state index in [0.717, 1.165) is 5.56 Å². The fraction of sp³-hybridized carbons (Fsp3) is 0.323. The molecule has 7 nitrogen and oxygen atoms in total. The largest absolute Gasteiger partial charge is 0.394 e. The Morgan fingerprint density at radius 1 is 0.975 bits per heavy atom. The summed E-state index contributed by atoms with van der Waals surface area (Å²) in [6.45, 7) is 1.67. The molecule has 0 saturated carbocycles. The van der Waals surface area contributed by atoms with E-state index in [9.17, 15) is 19.5 Å². The zero-order valence-corrected chi connectivity index (χ0v) is 23.5. The molecule has 3 amide bonds. The SMILES string of the molecule is C[C@]12CCC3(S1)C(C(=O)Nc1ccccc1Cl)N([C@H](CO)c1ccccc1)C(=O)[C@@H]3[C@H]2C(=O)Nc1ccccc1. The van der Waals surface area contributed by atoms with Crippen molar-refractivity contribution in [3.8, 4) is 0 Å². The Kier molecular flexibility index (Phi) is 6.89. The molecule has 206 valence electrons. The van der Waals surface area contributed by atoms with Crippen LogP contribution in [0.25, 0.3) is 0 Å². The van der Waals surface area contributed by atoms with Gasteiger partial charge in [-0.3, -0.25) is 14.4 Å². The summed E-state index contributed by atoms with van der Waals surface area (Å²) < 4.78 is -1.35. The Hall–Kier alpha value is -3.33. The number of halogens is 1. The molecule has 3 aliphatic rings. The number of likely N-dealkylation sites (tertiary alicyclic amines) is 1. The molecule has 1 spiro atoms. The first-order valence-corrected chi connectivity index (χ1v) is 14.6. The molecule has 3 N–H and O–H groups in total. The zero-order chi connectivity index (χ0) is 28.1.